The Hall–Kier alpha value is -3.40. The van der Waals surface area contributed by atoms with E-state index in [0.717, 1.165) is 41.9 Å². The highest BCUT2D eigenvalue weighted by atomic mass is 16.7. The number of rotatable bonds is 8. The maximum atomic E-state index is 13.9. The van der Waals surface area contributed by atoms with Crippen molar-refractivity contribution < 1.29 is 19.1 Å². The van der Waals surface area contributed by atoms with Crippen molar-refractivity contribution in [3.05, 3.63) is 66.4 Å². The number of carbonyl (C=O) groups is 2. The molecule has 9 heteroatoms. The number of carbonyl (C=O) groups excluding carboxylic acids is 2. The quantitative estimate of drug-likeness (QED) is 0.411. The van der Waals surface area contributed by atoms with Crippen LogP contribution in [0.1, 0.15) is 31.2 Å². The molecule has 39 heavy (non-hydrogen) atoms. The van der Waals surface area contributed by atoms with Crippen molar-refractivity contribution in [3.63, 3.8) is 0 Å². The number of fused-ring (bicyclic) bond motifs is 1. The molecule has 5 rings (SSSR count). The first-order valence-corrected chi connectivity index (χ1v) is 13.8. The topological polar surface area (TPSA) is 113 Å². The lowest BCUT2D eigenvalue weighted by atomic mass is 9.89. The molecule has 4 N–H and O–H groups in total. The van der Waals surface area contributed by atoms with Gasteiger partial charge in [0.05, 0.1) is 31.7 Å². The SMILES string of the molecule is C[C@@H](c1ccc2[nH]cccc1-2)[C@@H](NC(=O)C1CCCN(c2ccccc2)C1)C(=O)N(C)CC1OCC(N)CO1. The van der Waals surface area contributed by atoms with Gasteiger partial charge in [0.25, 0.3) is 0 Å². The summed E-state index contributed by atoms with van der Waals surface area (Å²) in [6, 6.07) is 17.3. The fourth-order valence-electron chi connectivity index (χ4n) is 5.63. The summed E-state index contributed by atoms with van der Waals surface area (Å²) in [6.07, 6.45) is 3.05. The normalized spacial score (nSPS) is 23.3. The summed E-state index contributed by atoms with van der Waals surface area (Å²) in [4.78, 5) is 34.7. The zero-order valence-electron chi connectivity index (χ0n) is 22.7. The number of ether oxygens (including phenoxy) is 2. The predicted octanol–water partition coefficient (Wildman–Crippen LogP) is 2.78. The lowest BCUT2D eigenvalue weighted by Crippen LogP contribution is -2.55. The van der Waals surface area contributed by atoms with Gasteiger partial charge in [-0.25, -0.2) is 0 Å². The molecule has 1 aromatic rings. The van der Waals surface area contributed by atoms with Crippen LogP contribution in [0.3, 0.4) is 0 Å². The van der Waals surface area contributed by atoms with Crippen molar-refractivity contribution in [2.24, 2.45) is 11.7 Å². The van der Waals surface area contributed by atoms with Gasteiger partial charge in [0.15, 0.2) is 6.29 Å². The van der Waals surface area contributed by atoms with Crippen molar-refractivity contribution in [2.45, 2.75) is 44.1 Å². The Morgan fingerprint density at radius 1 is 1.13 bits per heavy atom. The third-order valence-electron chi connectivity index (χ3n) is 7.89. The Kier molecular flexibility index (Phi) is 8.50. The highest BCUT2D eigenvalue weighted by Gasteiger charge is 2.36. The Bertz CT molecular complexity index is 1210. The molecule has 2 saturated heterocycles. The number of piperidine rings is 1. The number of nitrogens with one attached hydrogen (secondary N) is 2. The van der Waals surface area contributed by atoms with E-state index in [4.69, 9.17) is 15.2 Å². The zero-order valence-corrected chi connectivity index (χ0v) is 22.7. The van der Waals surface area contributed by atoms with Gasteiger partial charge in [0, 0.05) is 49.2 Å². The number of benzene rings is 1. The number of pyridine rings is 1. The lowest BCUT2D eigenvalue weighted by molar-refractivity contribution is -0.193. The number of aromatic amines is 1. The molecule has 0 radical (unpaired) electrons. The standard InChI is InChI=1S/C30H39N5O4/c1-20(24-12-13-26-25(24)11-6-14-32-26)28(30(37)34(2)17-27-38-18-22(31)19-39-27)33-29(36)21-8-7-15-35(16-21)23-9-4-3-5-10-23/h3-6,9-14,20-22,27-28,32H,7-8,15-19,31H2,1-2H3,(H,33,36)/t20-,21?,22?,27?,28+/m0/s1. The smallest absolute Gasteiger partial charge is 0.245 e. The lowest BCUT2D eigenvalue weighted by Gasteiger charge is -2.36. The molecule has 4 aliphatic rings. The maximum Gasteiger partial charge on any atom is 0.245 e. The molecule has 3 aliphatic heterocycles. The largest absolute Gasteiger partial charge is 0.371 e. The van der Waals surface area contributed by atoms with Crippen LogP contribution in [0, 0.1) is 5.92 Å². The maximum absolute atomic E-state index is 13.9. The molecule has 1 unspecified atom stereocenters. The Labute approximate surface area is 230 Å². The highest BCUT2D eigenvalue weighted by Crippen LogP contribution is 2.34. The molecule has 0 aromatic heterocycles. The molecular weight excluding hydrogens is 494 g/mol. The molecule has 0 spiro atoms. The first kappa shape index (κ1) is 27.2. The average Bonchev–Trinajstić information content (AvgIpc) is 3.41. The molecule has 9 nitrogen and oxygen atoms in total. The number of nitrogens with two attached hydrogens (primary N) is 1. The minimum Gasteiger partial charge on any atom is -0.371 e. The number of hydrogen-bond donors (Lipinski definition) is 3. The molecule has 0 bridgehead atoms. The van der Waals surface area contributed by atoms with Crippen molar-refractivity contribution >= 4 is 17.5 Å². The van der Waals surface area contributed by atoms with Gasteiger partial charge in [-0.05, 0) is 42.7 Å². The number of hydrogen-bond acceptors (Lipinski definition) is 6. The van der Waals surface area contributed by atoms with E-state index in [-0.39, 0.29) is 36.2 Å². The van der Waals surface area contributed by atoms with Gasteiger partial charge in [-0.1, -0.05) is 37.3 Å². The highest BCUT2D eigenvalue weighted by molar-refractivity contribution is 5.90. The molecule has 2 amide bonds. The third-order valence-corrected chi connectivity index (χ3v) is 7.89. The summed E-state index contributed by atoms with van der Waals surface area (Å²) in [5.74, 6) is -0.730. The van der Waals surface area contributed by atoms with Crippen molar-refractivity contribution in [1.82, 2.24) is 15.2 Å². The fraction of sp³-hybridized carbons (Fsp3) is 0.467. The van der Waals surface area contributed by atoms with Crippen LogP contribution >= 0.6 is 0 Å². The van der Waals surface area contributed by atoms with Crippen molar-refractivity contribution in [1.29, 1.82) is 0 Å². The van der Waals surface area contributed by atoms with Crippen LogP contribution in [0.2, 0.25) is 0 Å². The van der Waals surface area contributed by atoms with Crippen LogP contribution in [0.5, 0.6) is 0 Å². The number of amides is 2. The van der Waals surface area contributed by atoms with Gasteiger partial charge >= 0.3 is 0 Å². The van der Waals surface area contributed by atoms with E-state index in [1.165, 1.54) is 0 Å². The van der Waals surface area contributed by atoms with Gasteiger partial charge in [0.1, 0.15) is 6.04 Å². The van der Waals surface area contributed by atoms with Crippen molar-refractivity contribution in [2.75, 3.05) is 44.8 Å². The summed E-state index contributed by atoms with van der Waals surface area (Å²) in [5, 5.41) is 3.17. The Morgan fingerprint density at radius 3 is 2.67 bits per heavy atom. The third kappa shape index (κ3) is 6.27. The predicted molar refractivity (Wildman–Crippen MR) is 150 cm³/mol. The van der Waals surface area contributed by atoms with E-state index < -0.39 is 12.3 Å². The summed E-state index contributed by atoms with van der Waals surface area (Å²) < 4.78 is 11.3. The first-order valence-electron chi connectivity index (χ1n) is 13.8. The molecule has 3 atom stereocenters. The number of aromatic nitrogens is 1. The van der Waals surface area contributed by atoms with E-state index in [1.807, 2.05) is 55.6 Å². The molecule has 1 aromatic carbocycles. The second kappa shape index (κ2) is 12.2. The second-order valence-corrected chi connectivity index (χ2v) is 10.8. The average molecular weight is 534 g/mol. The minimum absolute atomic E-state index is 0.0900. The van der Waals surface area contributed by atoms with Crippen LogP contribution < -0.4 is 16.0 Å². The van der Waals surface area contributed by atoms with Gasteiger partial charge in [-0.2, -0.15) is 0 Å². The summed E-state index contributed by atoms with van der Waals surface area (Å²) in [5.41, 5.74) is 10.0. The van der Waals surface area contributed by atoms with Crippen molar-refractivity contribution in [3.8, 4) is 11.3 Å². The van der Waals surface area contributed by atoms with Gasteiger partial charge in [-0.3, -0.25) is 9.59 Å². The van der Waals surface area contributed by atoms with Crippen LogP contribution in [-0.4, -0.2) is 80.0 Å². The number of anilines is 1. The van der Waals surface area contributed by atoms with E-state index >= 15 is 0 Å². The van der Waals surface area contributed by atoms with E-state index in [2.05, 4.69) is 27.3 Å². The molecule has 0 saturated carbocycles. The van der Waals surface area contributed by atoms with Gasteiger partial charge in [0.2, 0.25) is 11.8 Å². The summed E-state index contributed by atoms with van der Waals surface area (Å²) in [6.45, 7) is 4.57. The van der Waals surface area contributed by atoms with Crippen LogP contribution in [0.15, 0.2) is 60.8 Å². The number of H-pyrrole nitrogens is 1. The number of para-hydroxylation sites is 1. The Balaban J connectivity index is 1.34. The van der Waals surface area contributed by atoms with E-state index in [1.54, 1.807) is 11.9 Å². The van der Waals surface area contributed by atoms with Crippen LogP contribution in [0.4, 0.5) is 5.69 Å². The number of nitrogens with zero attached hydrogens (tertiary/aromatic N) is 2. The molecular formula is C30H39N5O4. The molecule has 208 valence electrons. The fourth-order valence-corrected chi connectivity index (χ4v) is 5.63. The van der Waals surface area contributed by atoms with Crippen LogP contribution in [0.25, 0.3) is 11.3 Å². The second-order valence-electron chi connectivity index (χ2n) is 10.8. The van der Waals surface area contributed by atoms with Gasteiger partial charge < -0.3 is 35.3 Å². The molecule has 2 fully saturated rings. The minimum atomic E-state index is -0.744. The monoisotopic (exact) mass is 533 g/mol. The first-order chi connectivity index (χ1) is 18.9. The van der Waals surface area contributed by atoms with Gasteiger partial charge in [-0.15, -0.1) is 0 Å². The summed E-state index contributed by atoms with van der Waals surface area (Å²) >= 11 is 0. The molecule has 1 aliphatic carbocycles. The summed E-state index contributed by atoms with van der Waals surface area (Å²) in [7, 11) is 1.73. The number of likely N-dealkylation sites (N-methyl/N-ethyl adjacent to an activating group) is 1. The zero-order chi connectivity index (χ0) is 27.4. The van der Waals surface area contributed by atoms with E-state index in [0.29, 0.717) is 19.8 Å². The Morgan fingerprint density at radius 2 is 1.90 bits per heavy atom. The molecule has 3 heterocycles. The van der Waals surface area contributed by atoms with E-state index in [9.17, 15) is 9.59 Å². The van der Waals surface area contributed by atoms with Crippen LogP contribution in [-0.2, 0) is 19.1 Å².